The molecule has 3 nitrogen and oxygen atoms in total. The van der Waals surface area contributed by atoms with Crippen molar-refractivity contribution in [2.24, 2.45) is 5.92 Å². The highest BCUT2D eigenvalue weighted by Gasteiger charge is 2.22. The molecule has 2 atom stereocenters. The Morgan fingerprint density at radius 1 is 1.37 bits per heavy atom. The molecule has 0 aromatic heterocycles. The van der Waals surface area contributed by atoms with Gasteiger partial charge in [-0.3, -0.25) is 0 Å². The van der Waals surface area contributed by atoms with Crippen LogP contribution in [0.3, 0.4) is 0 Å². The third kappa shape index (κ3) is 3.93. The van der Waals surface area contributed by atoms with E-state index in [2.05, 4.69) is 33.5 Å². The van der Waals surface area contributed by atoms with Gasteiger partial charge in [-0.1, -0.05) is 19.8 Å². The molecule has 104 valence electrons. The molecule has 2 unspecified atom stereocenters. The average molecular weight is 329 g/mol. The summed E-state index contributed by atoms with van der Waals surface area (Å²) in [4.78, 5) is 11.9. The molecule has 2 N–H and O–H groups in total. The van der Waals surface area contributed by atoms with Crippen molar-refractivity contribution in [3.63, 3.8) is 0 Å². The standard InChI is InChI=1S/C14H18BrFN2O/c1-9-4-2-3-5-12(9)17-14(19)18-13-7-6-10(16)8-11(13)15/h6-9,12H,2-5H2,1H3,(H2,17,18,19). The topological polar surface area (TPSA) is 41.1 Å². The molecule has 0 aliphatic heterocycles. The van der Waals surface area contributed by atoms with E-state index in [0.717, 1.165) is 19.3 Å². The lowest BCUT2D eigenvalue weighted by Crippen LogP contribution is -2.43. The van der Waals surface area contributed by atoms with Crippen LogP contribution >= 0.6 is 15.9 Å². The van der Waals surface area contributed by atoms with E-state index in [-0.39, 0.29) is 17.9 Å². The Hall–Kier alpha value is -1.10. The van der Waals surface area contributed by atoms with Crippen LogP contribution in [0.15, 0.2) is 22.7 Å². The molecule has 1 aromatic rings. The molecule has 1 fully saturated rings. The summed E-state index contributed by atoms with van der Waals surface area (Å²) in [7, 11) is 0. The molecule has 0 heterocycles. The molecule has 1 aliphatic rings. The van der Waals surface area contributed by atoms with Gasteiger partial charge in [0, 0.05) is 10.5 Å². The summed E-state index contributed by atoms with van der Waals surface area (Å²) in [5.41, 5.74) is 0.572. The van der Waals surface area contributed by atoms with E-state index in [1.165, 1.54) is 18.6 Å². The SMILES string of the molecule is CC1CCCCC1NC(=O)Nc1ccc(F)cc1Br. The quantitative estimate of drug-likeness (QED) is 0.835. The summed E-state index contributed by atoms with van der Waals surface area (Å²) < 4.78 is 13.5. The summed E-state index contributed by atoms with van der Waals surface area (Å²) >= 11 is 3.23. The van der Waals surface area contributed by atoms with Crippen molar-refractivity contribution in [3.05, 3.63) is 28.5 Å². The lowest BCUT2D eigenvalue weighted by atomic mass is 9.86. The van der Waals surface area contributed by atoms with Gasteiger partial charge in [0.1, 0.15) is 5.82 Å². The second-order valence-corrected chi connectivity index (χ2v) is 5.95. The fourth-order valence-electron chi connectivity index (χ4n) is 2.45. The maximum absolute atomic E-state index is 13.0. The van der Waals surface area contributed by atoms with Crippen LogP contribution in [0.1, 0.15) is 32.6 Å². The average Bonchev–Trinajstić information content (AvgIpc) is 2.36. The number of halogens is 2. The first-order chi connectivity index (χ1) is 9.06. The predicted octanol–water partition coefficient (Wildman–Crippen LogP) is 4.29. The van der Waals surface area contributed by atoms with Gasteiger partial charge in [0.05, 0.1) is 5.69 Å². The van der Waals surface area contributed by atoms with Crippen molar-refractivity contribution < 1.29 is 9.18 Å². The Morgan fingerprint density at radius 3 is 2.79 bits per heavy atom. The van der Waals surface area contributed by atoms with Gasteiger partial charge >= 0.3 is 6.03 Å². The maximum Gasteiger partial charge on any atom is 0.319 e. The van der Waals surface area contributed by atoms with Crippen LogP contribution in [0.4, 0.5) is 14.9 Å². The molecule has 1 saturated carbocycles. The van der Waals surface area contributed by atoms with Gasteiger partial charge in [-0.05, 0) is 52.9 Å². The molecule has 0 bridgehead atoms. The molecule has 5 heteroatoms. The number of nitrogens with one attached hydrogen (secondary N) is 2. The number of amides is 2. The van der Waals surface area contributed by atoms with E-state index < -0.39 is 0 Å². The zero-order valence-corrected chi connectivity index (χ0v) is 12.5. The molecule has 0 radical (unpaired) electrons. The van der Waals surface area contributed by atoms with Crippen LogP contribution in [-0.4, -0.2) is 12.1 Å². The maximum atomic E-state index is 13.0. The molecule has 1 aromatic carbocycles. The first-order valence-electron chi connectivity index (χ1n) is 6.59. The van der Waals surface area contributed by atoms with Crippen molar-refractivity contribution in [2.75, 3.05) is 5.32 Å². The van der Waals surface area contributed by atoms with Gasteiger partial charge in [-0.2, -0.15) is 0 Å². The van der Waals surface area contributed by atoms with E-state index in [1.807, 2.05) is 0 Å². The number of rotatable bonds is 2. The third-order valence-electron chi connectivity index (χ3n) is 3.61. The number of carbonyl (C=O) groups excluding carboxylic acids is 1. The number of anilines is 1. The van der Waals surface area contributed by atoms with Gasteiger partial charge in [-0.25, -0.2) is 9.18 Å². The third-order valence-corrected chi connectivity index (χ3v) is 4.26. The number of hydrogen-bond acceptors (Lipinski definition) is 1. The van der Waals surface area contributed by atoms with Crippen LogP contribution in [0, 0.1) is 11.7 Å². The number of urea groups is 1. The first-order valence-corrected chi connectivity index (χ1v) is 7.38. The summed E-state index contributed by atoms with van der Waals surface area (Å²) in [5, 5.41) is 5.74. The van der Waals surface area contributed by atoms with Gasteiger partial charge in [0.25, 0.3) is 0 Å². The minimum atomic E-state index is -0.335. The predicted molar refractivity (Wildman–Crippen MR) is 77.7 cm³/mol. The Kier molecular flexibility index (Phi) is 4.80. The van der Waals surface area contributed by atoms with E-state index in [1.54, 1.807) is 6.07 Å². The summed E-state index contributed by atoms with van der Waals surface area (Å²) in [6.07, 6.45) is 4.59. The largest absolute Gasteiger partial charge is 0.335 e. The van der Waals surface area contributed by atoms with Gasteiger partial charge in [0.2, 0.25) is 0 Å². The molecule has 19 heavy (non-hydrogen) atoms. The molecular formula is C14H18BrFN2O. The zero-order valence-electron chi connectivity index (χ0n) is 10.9. The highest BCUT2D eigenvalue weighted by atomic mass is 79.9. The molecule has 0 spiro atoms. The van der Waals surface area contributed by atoms with Crippen molar-refractivity contribution in [1.29, 1.82) is 0 Å². The lowest BCUT2D eigenvalue weighted by molar-refractivity contribution is 0.232. The Balaban J connectivity index is 1.93. The minimum absolute atomic E-state index is 0.230. The Morgan fingerprint density at radius 2 is 2.11 bits per heavy atom. The van der Waals surface area contributed by atoms with E-state index in [9.17, 15) is 9.18 Å². The number of hydrogen-bond donors (Lipinski definition) is 2. The van der Waals surface area contributed by atoms with Crippen LogP contribution < -0.4 is 10.6 Å². The second-order valence-electron chi connectivity index (χ2n) is 5.09. The smallest absolute Gasteiger partial charge is 0.319 e. The summed E-state index contributed by atoms with van der Waals surface area (Å²) in [6.45, 7) is 2.16. The van der Waals surface area contributed by atoms with Crippen molar-refractivity contribution in [1.82, 2.24) is 5.32 Å². The minimum Gasteiger partial charge on any atom is -0.335 e. The lowest BCUT2D eigenvalue weighted by Gasteiger charge is -2.29. The Bertz CT molecular complexity index is 467. The Labute approximate surface area is 121 Å². The highest BCUT2D eigenvalue weighted by molar-refractivity contribution is 9.10. The molecule has 1 aliphatic carbocycles. The van der Waals surface area contributed by atoms with Crippen molar-refractivity contribution in [2.45, 2.75) is 38.6 Å². The van der Waals surface area contributed by atoms with Crippen LogP contribution in [0.25, 0.3) is 0 Å². The summed E-state index contributed by atoms with van der Waals surface area (Å²) in [5.74, 6) is 0.176. The van der Waals surface area contributed by atoms with Gasteiger partial charge in [-0.15, -0.1) is 0 Å². The molecule has 0 saturated heterocycles. The second kappa shape index (κ2) is 6.37. The van der Waals surface area contributed by atoms with Gasteiger partial charge in [0.15, 0.2) is 0 Å². The number of carbonyl (C=O) groups is 1. The highest BCUT2D eigenvalue weighted by Crippen LogP contribution is 2.25. The monoisotopic (exact) mass is 328 g/mol. The fourth-order valence-corrected chi connectivity index (χ4v) is 2.90. The van der Waals surface area contributed by atoms with E-state index in [4.69, 9.17) is 0 Å². The van der Waals surface area contributed by atoms with E-state index in [0.29, 0.717) is 16.1 Å². The molecule has 2 rings (SSSR count). The summed E-state index contributed by atoms with van der Waals surface area (Å²) in [6, 6.07) is 4.20. The van der Waals surface area contributed by atoms with Crippen LogP contribution in [-0.2, 0) is 0 Å². The van der Waals surface area contributed by atoms with Gasteiger partial charge < -0.3 is 10.6 Å². The van der Waals surface area contributed by atoms with Crippen LogP contribution in [0.2, 0.25) is 0 Å². The normalized spacial score (nSPS) is 22.9. The van der Waals surface area contributed by atoms with Crippen molar-refractivity contribution in [3.8, 4) is 0 Å². The van der Waals surface area contributed by atoms with Crippen molar-refractivity contribution >= 4 is 27.6 Å². The fraction of sp³-hybridized carbons (Fsp3) is 0.500. The van der Waals surface area contributed by atoms with E-state index >= 15 is 0 Å². The number of benzene rings is 1. The first kappa shape index (κ1) is 14.3. The molecular weight excluding hydrogens is 311 g/mol. The molecule has 2 amide bonds. The zero-order chi connectivity index (χ0) is 13.8. The van der Waals surface area contributed by atoms with Crippen LogP contribution in [0.5, 0.6) is 0 Å².